The SMILES string of the molecule is CC(NC(=O)NC(=O)CCC(=O)O)c1ccccc1Cl. The van der Waals surface area contributed by atoms with Gasteiger partial charge in [0.15, 0.2) is 0 Å². The van der Waals surface area contributed by atoms with Crippen molar-refractivity contribution in [2.75, 3.05) is 0 Å². The summed E-state index contributed by atoms with van der Waals surface area (Å²) in [6.45, 7) is 1.72. The lowest BCUT2D eigenvalue weighted by molar-refractivity contribution is -0.138. The van der Waals surface area contributed by atoms with E-state index in [2.05, 4.69) is 10.6 Å². The summed E-state index contributed by atoms with van der Waals surface area (Å²) in [4.78, 5) is 33.1. The number of aliphatic carboxylic acids is 1. The zero-order valence-corrected chi connectivity index (χ0v) is 11.6. The number of carbonyl (C=O) groups excluding carboxylic acids is 2. The van der Waals surface area contributed by atoms with Crippen LogP contribution < -0.4 is 10.6 Å². The predicted octanol–water partition coefficient (Wildman–Crippen LogP) is 2.09. The zero-order valence-electron chi connectivity index (χ0n) is 10.9. The second kappa shape index (κ2) is 7.49. The Labute approximate surface area is 121 Å². The number of urea groups is 1. The van der Waals surface area contributed by atoms with Crippen molar-refractivity contribution >= 4 is 29.5 Å². The van der Waals surface area contributed by atoms with Gasteiger partial charge in [-0.2, -0.15) is 0 Å². The number of carbonyl (C=O) groups is 3. The summed E-state index contributed by atoms with van der Waals surface area (Å²) in [5, 5.41) is 13.6. The van der Waals surface area contributed by atoms with E-state index in [-0.39, 0.29) is 18.9 Å². The van der Waals surface area contributed by atoms with Crippen molar-refractivity contribution in [1.29, 1.82) is 0 Å². The molecule has 108 valence electrons. The summed E-state index contributed by atoms with van der Waals surface area (Å²) in [6, 6.07) is 5.96. The summed E-state index contributed by atoms with van der Waals surface area (Å²) >= 11 is 5.99. The van der Waals surface area contributed by atoms with Gasteiger partial charge in [-0.3, -0.25) is 14.9 Å². The van der Waals surface area contributed by atoms with Gasteiger partial charge in [-0.05, 0) is 18.6 Å². The summed E-state index contributed by atoms with van der Waals surface area (Å²) in [5.74, 6) is -1.73. The van der Waals surface area contributed by atoms with Crippen molar-refractivity contribution < 1.29 is 19.5 Å². The van der Waals surface area contributed by atoms with E-state index >= 15 is 0 Å². The summed E-state index contributed by atoms with van der Waals surface area (Å²) in [5.41, 5.74) is 0.724. The predicted molar refractivity (Wildman–Crippen MR) is 73.4 cm³/mol. The third-order valence-electron chi connectivity index (χ3n) is 2.54. The lowest BCUT2D eigenvalue weighted by Gasteiger charge is -2.15. The Morgan fingerprint density at radius 2 is 1.90 bits per heavy atom. The van der Waals surface area contributed by atoms with Gasteiger partial charge in [0.25, 0.3) is 0 Å². The summed E-state index contributed by atoms with van der Waals surface area (Å²) in [6.07, 6.45) is -0.567. The maximum Gasteiger partial charge on any atom is 0.321 e. The molecule has 20 heavy (non-hydrogen) atoms. The Balaban J connectivity index is 2.48. The molecule has 0 aliphatic rings. The lowest BCUT2D eigenvalue weighted by atomic mass is 10.1. The average molecular weight is 299 g/mol. The van der Waals surface area contributed by atoms with Crippen LogP contribution >= 0.6 is 11.6 Å². The number of hydrogen-bond acceptors (Lipinski definition) is 3. The Hall–Kier alpha value is -2.08. The van der Waals surface area contributed by atoms with E-state index in [0.29, 0.717) is 5.02 Å². The molecule has 0 fully saturated rings. The van der Waals surface area contributed by atoms with Crippen LogP contribution in [0.5, 0.6) is 0 Å². The molecule has 0 bridgehead atoms. The van der Waals surface area contributed by atoms with E-state index in [4.69, 9.17) is 16.7 Å². The second-order valence-corrected chi connectivity index (χ2v) is 4.57. The Morgan fingerprint density at radius 1 is 1.25 bits per heavy atom. The quantitative estimate of drug-likeness (QED) is 0.775. The van der Waals surface area contributed by atoms with Crippen LogP contribution in [0, 0.1) is 0 Å². The monoisotopic (exact) mass is 298 g/mol. The number of carboxylic acid groups (broad SMARTS) is 1. The lowest BCUT2D eigenvalue weighted by Crippen LogP contribution is -2.40. The first-order valence-corrected chi connectivity index (χ1v) is 6.34. The van der Waals surface area contributed by atoms with Crippen molar-refractivity contribution in [1.82, 2.24) is 10.6 Å². The molecule has 1 atom stereocenters. The van der Waals surface area contributed by atoms with E-state index in [9.17, 15) is 14.4 Å². The molecule has 0 aromatic heterocycles. The molecule has 0 aliphatic heterocycles. The largest absolute Gasteiger partial charge is 0.481 e. The van der Waals surface area contributed by atoms with Gasteiger partial charge >= 0.3 is 12.0 Å². The van der Waals surface area contributed by atoms with E-state index in [0.717, 1.165) is 5.56 Å². The molecule has 3 N–H and O–H groups in total. The smallest absolute Gasteiger partial charge is 0.321 e. The average Bonchev–Trinajstić information content (AvgIpc) is 2.36. The normalized spacial score (nSPS) is 11.5. The van der Waals surface area contributed by atoms with Crippen LogP contribution in [0.3, 0.4) is 0 Å². The fourth-order valence-corrected chi connectivity index (χ4v) is 1.85. The minimum Gasteiger partial charge on any atom is -0.481 e. The number of imide groups is 1. The molecule has 0 saturated carbocycles. The van der Waals surface area contributed by atoms with Gasteiger partial charge in [-0.1, -0.05) is 29.8 Å². The third-order valence-corrected chi connectivity index (χ3v) is 2.88. The fourth-order valence-electron chi connectivity index (χ4n) is 1.55. The van der Waals surface area contributed by atoms with E-state index in [1.807, 2.05) is 0 Å². The number of rotatable bonds is 5. The van der Waals surface area contributed by atoms with Crippen LogP contribution in [0.15, 0.2) is 24.3 Å². The number of halogens is 1. The highest BCUT2D eigenvalue weighted by Gasteiger charge is 2.14. The third kappa shape index (κ3) is 5.27. The number of hydrogen-bond donors (Lipinski definition) is 3. The molecular weight excluding hydrogens is 284 g/mol. The molecule has 7 heteroatoms. The second-order valence-electron chi connectivity index (χ2n) is 4.16. The molecular formula is C13H15ClN2O4. The first kappa shape index (κ1) is 16.0. The van der Waals surface area contributed by atoms with Crippen LogP contribution in [-0.4, -0.2) is 23.0 Å². The molecule has 0 heterocycles. The maximum atomic E-state index is 11.6. The van der Waals surface area contributed by atoms with Crippen LogP contribution in [0.4, 0.5) is 4.79 Å². The first-order valence-electron chi connectivity index (χ1n) is 5.96. The first-order chi connectivity index (χ1) is 9.40. The molecule has 0 radical (unpaired) electrons. The van der Waals surface area contributed by atoms with E-state index in [1.54, 1.807) is 31.2 Å². The molecule has 0 saturated heterocycles. The van der Waals surface area contributed by atoms with Crippen LogP contribution in [0.1, 0.15) is 31.4 Å². The number of nitrogens with one attached hydrogen (secondary N) is 2. The molecule has 6 nitrogen and oxygen atoms in total. The highest BCUT2D eigenvalue weighted by Crippen LogP contribution is 2.21. The van der Waals surface area contributed by atoms with Crippen molar-refractivity contribution in [3.63, 3.8) is 0 Å². The van der Waals surface area contributed by atoms with Crippen molar-refractivity contribution in [2.24, 2.45) is 0 Å². The van der Waals surface area contributed by atoms with Crippen molar-refractivity contribution in [2.45, 2.75) is 25.8 Å². The Bertz CT molecular complexity index is 519. The van der Waals surface area contributed by atoms with Gasteiger partial charge in [-0.25, -0.2) is 4.79 Å². The Morgan fingerprint density at radius 3 is 2.50 bits per heavy atom. The van der Waals surface area contributed by atoms with Crippen LogP contribution in [-0.2, 0) is 9.59 Å². The standard InChI is InChI=1S/C13H15ClN2O4/c1-8(9-4-2-3-5-10(9)14)15-13(20)16-11(17)6-7-12(18)19/h2-5,8H,6-7H2,1H3,(H,18,19)(H2,15,16,17,20). The van der Waals surface area contributed by atoms with Crippen molar-refractivity contribution in [3.05, 3.63) is 34.9 Å². The fraction of sp³-hybridized carbons (Fsp3) is 0.308. The number of carboxylic acids is 1. The van der Waals surface area contributed by atoms with Crippen molar-refractivity contribution in [3.8, 4) is 0 Å². The molecule has 3 amide bonds. The van der Waals surface area contributed by atoms with Gasteiger partial charge in [-0.15, -0.1) is 0 Å². The van der Waals surface area contributed by atoms with Gasteiger partial charge in [0, 0.05) is 11.4 Å². The molecule has 1 aromatic carbocycles. The topological polar surface area (TPSA) is 95.5 Å². The minimum atomic E-state index is -1.09. The van der Waals surface area contributed by atoms with Gasteiger partial charge in [0.05, 0.1) is 12.5 Å². The molecule has 1 rings (SSSR count). The maximum absolute atomic E-state index is 11.6. The molecule has 1 aromatic rings. The molecule has 0 spiro atoms. The molecule has 0 aliphatic carbocycles. The highest BCUT2D eigenvalue weighted by atomic mass is 35.5. The zero-order chi connectivity index (χ0) is 15.1. The number of benzene rings is 1. The molecule has 1 unspecified atom stereocenters. The van der Waals surface area contributed by atoms with Crippen LogP contribution in [0.25, 0.3) is 0 Å². The van der Waals surface area contributed by atoms with Crippen LogP contribution in [0.2, 0.25) is 5.02 Å². The van der Waals surface area contributed by atoms with Gasteiger partial charge < -0.3 is 10.4 Å². The summed E-state index contributed by atoms with van der Waals surface area (Å²) in [7, 11) is 0. The number of amides is 3. The van der Waals surface area contributed by atoms with E-state index in [1.165, 1.54) is 0 Å². The van der Waals surface area contributed by atoms with E-state index < -0.39 is 17.9 Å². The summed E-state index contributed by atoms with van der Waals surface area (Å²) < 4.78 is 0. The van der Waals surface area contributed by atoms with Gasteiger partial charge in [0.1, 0.15) is 0 Å². The minimum absolute atomic E-state index is 0.247. The highest BCUT2D eigenvalue weighted by molar-refractivity contribution is 6.31. The van der Waals surface area contributed by atoms with Gasteiger partial charge in [0.2, 0.25) is 5.91 Å². The Kier molecular flexibility index (Phi) is 5.99.